The Morgan fingerprint density at radius 1 is 0.889 bits per heavy atom. The van der Waals surface area contributed by atoms with Gasteiger partial charge in [-0.3, -0.25) is 9.59 Å². The van der Waals surface area contributed by atoms with Crippen molar-refractivity contribution in [3.63, 3.8) is 0 Å². The SMILES string of the molecule is O=C(NC1CCN(C(=O)c2ccccc2)CC1)c1ccc(C(F)(F)F)cc1. The van der Waals surface area contributed by atoms with Gasteiger partial charge in [-0.15, -0.1) is 0 Å². The Bertz CT molecular complexity index is 796. The van der Waals surface area contributed by atoms with Gasteiger partial charge in [0.25, 0.3) is 11.8 Å². The number of nitrogens with one attached hydrogen (secondary N) is 1. The first-order chi connectivity index (χ1) is 12.8. The summed E-state index contributed by atoms with van der Waals surface area (Å²) in [6.07, 6.45) is -3.22. The number of piperidine rings is 1. The van der Waals surface area contributed by atoms with E-state index in [2.05, 4.69) is 5.32 Å². The fourth-order valence-corrected chi connectivity index (χ4v) is 3.07. The molecule has 3 rings (SSSR count). The Hall–Kier alpha value is -2.83. The summed E-state index contributed by atoms with van der Waals surface area (Å²) in [7, 11) is 0. The van der Waals surface area contributed by atoms with Crippen LogP contribution in [0.5, 0.6) is 0 Å². The van der Waals surface area contributed by atoms with E-state index in [1.165, 1.54) is 12.1 Å². The number of nitrogens with zero attached hydrogens (tertiary/aromatic N) is 1. The van der Waals surface area contributed by atoms with E-state index in [9.17, 15) is 22.8 Å². The zero-order chi connectivity index (χ0) is 19.4. The molecule has 142 valence electrons. The van der Waals surface area contributed by atoms with Gasteiger partial charge in [0, 0.05) is 30.3 Å². The summed E-state index contributed by atoms with van der Waals surface area (Å²) in [5.74, 6) is -0.445. The molecule has 1 fully saturated rings. The number of likely N-dealkylation sites (tertiary alicyclic amines) is 1. The van der Waals surface area contributed by atoms with Gasteiger partial charge in [0.2, 0.25) is 0 Å². The largest absolute Gasteiger partial charge is 0.416 e. The van der Waals surface area contributed by atoms with Gasteiger partial charge >= 0.3 is 6.18 Å². The molecule has 0 radical (unpaired) electrons. The molecule has 1 aliphatic heterocycles. The van der Waals surface area contributed by atoms with Gasteiger partial charge < -0.3 is 10.2 Å². The monoisotopic (exact) mass is 376 g/mol. The third kappa shape index (κ3) is 4.67. The smallest absolute Gasteiger partial charge is 0.349 e. The average molecular weight is 376 g/mol. The lowest BCUT2D eigenvalue weighted by molar-refractivity contribution is -0.137. The standard InChI is InChI=1S/C20H19F3N2O2/c21-20(22,23)16-8-6-14(7-9-16)18(26)24-17-10-12-25(13-11-17)19(27)15-4-2-1-3-5-15/h1-9,17H,10-13H2,(H,24,26). The minimum absolute atomic E-state index is 0.0388. The molecule has 0 bridgehead atoms. The molecular weight excluding hydrogens is 357 g/mol. The van der Waals surface area contributed by atoms with E-state index in [-0.39, 0.29) is 17.5 Å². The van der Waals surface area contributed by atoms with E-state index < -0.39 is 17.6 Å². The Morgan fingerprint density at radius 2 is 1.48 bits per heavy atom. The number of alkyl halides is 3. The van der Waals surface area contributed by atoms with Crippen molar-refractivity contribution < 1.29 is 22.8 Å². The molecule has 0 aromatic heterocycles. The van der Waals surface area contributed by atoms with Crippen LogP contribution < -0.4 is 5.32 Å². The van der Waals surface area contributed by atoms with Crippen LogP contribution in [0.25, 0.3) is 0 Å². The fourth-order valence-electron chi connectivity index (χ4n) is 3.07. The van der Waals surface area contributed by atoms with Crippen molar-refractivity contribution in [3.05, 3.63) is 71.3 Å². The molecule has 0 unspecified atom stereocenters. The fraction of sp³-hybridized carbons (Fsp3) is 0.300. The van der Waals surface area contributed by atoms with E-state index >= 15 is 0 Å². The van der Waals surface area contributed by atoms with Crippen molar-refractivity contribution in [2.75, 3.05) is 13.1 Å². The third-order valence-electron chi connectivity index (χ3n) is 4.61. The van der Waals surface area contributed by atoms with Crippen LogP contribution in [-0.2, 0) is 6.18 Å². The summed E-state index contributed by atoms with van der Waals surface area (Å²) in [5, 5.41) is 2.83. The molecule has 2 amide bonds. The van der Waals surface area contributed by atoms with Gasteiger partial charge in [0.15, 0.2) is 0 Å². The summed E-state index contributed by atoms with van der Waals surface area (Å²) in [6, 6.07) is 13.0. The molecule has 2 aromatic carbocycles. The van der Waals surface area contributed by atoms with Crippen LogP contribution in [0.4, 0.5) is 13.2 Å². The molecular formula is C20H19F3N2O2. The molecule has 0 saturated carbocycles. The zero-order valence-electron chi connectivity index (χ0n) is 14.5. The molecule has 0 atom stereocenters. The van der Waals surface area contributed by atoms with Crippen LogP contribution >= 0.6 is 0 Å². The topological polar surface area (TPSA) is 49.4 Å². The van der Waals surface area contributed by atoms with Crippen molar-refractivity contribution in [1.82, 2.24) is 10.2 Å². The highest BCUT2D eigenvalue weighted by molar-refractivity contribution is 5.95. The zero-order valence-corrected chi connectivity index (χ0v) is 14.5. The molecule has 1 aliphatic rings. The lowest BCUT2D eigenvalue weighted by Gasteiger charge is -2.32. The quantitative estimate of drug-likeness (QED) is 0.887. The van der Waals surface area contributed by atoms with E-state index in [1.807, 2.05) is 18.2 Å². The molecule has 1 N–H and O–H groups in total. The summed E-state index contributed by atoms with van der Waals surface area (Å²) >= 11 is 0. The molecule has 27 heavy (non-hydrogen) atoms. The molecule has 0 spiro atoms. The van der Waals surface area contributed by atoms with Gasteiger partial charge in [-0.1, -0.05) is 18.2 Å². The van der Waals surface area contributed by atoms with E-state index in [0.29, 0.717) is 31.5 Å². The van der Waals surface area contributed by atoms with Gasteiger partial charge in [-0.2, -0.15) is 13.2 Å². The number of rotatable bonds is 3. The maximum atomic E-state index is 12.6. The van der Waals surface area contributed by atoms with Crippen LogP contribution in [0, 0.1) is 0 Å². The summed E-state index contributed by atoms with van der Waals surface area (Å²) < 4.78 is 37.8. The predicted octanol–water partition coefficient (Wildman–Crippen LogP) is 3.74. The molecule has 7 heteroatoms. The Morgan fingerprint density at radius 3 is 2.04 bits per heavy atom. The van der Waals surface area contributed by atoms with E-state index in [1.54, 1.807) is 17.0 Å². The molecule has 0 aliphatic carbocycles. The highest BCUT2D eigenvalue weighted by atomic mass is 19.4. The highest BCUT2D eigenvalue weighted by Gasteiger charge is 2.30. The summed E-state index contributed by atoms with van der Waals surface area (Å²) in [4.78, 5) is 26.4. The molecule has 1 heterocycles. The second-order valence-electron chi connectivity index (χ2n) is 6.48. The molecule has 1 saturated heterocycles. The van der Waals surface area contributed by atoms with E-state index in [0.717, 1.165) is 12.1 Å². The minimum Gasteiger partial charge on any atom is -0.349 e. The van der Waals surface area contributed by atoms with Crippen molar-refractivity contribution in [2.24, 2.45) is 0 Å². The van der Waals surface area contributed by atoms with Crippen LogP contribution in [0.15, 0.2) is 54.6 Å². The van der Waals surface area contributed by atoms with Gasteiger partial charge in [0.1, 0.15) is 0 Å². The average Bonchev–Trinajstić information content (AvgIpc) is 2.68. The van der Waals surface area contributed by atoms with Crippen LogP contribution in [-0.4, -0.2) is 35.8 Å². The second-order valence-corrected chi connectivity index (χ2v) is 6.48. The van der Waals surface area contributed by atoms with Crippen molar-refractivity contribution in [2.45, 2.75) is 25.1 Å². The number of carbonyl (C=O) groups excluding carboxylic acids is 2. The third-order valence-corrected chi connectivity index (χ3v) is 4.61. The maximum Gasteiger partial charge on any atom is 0.416 e. The van der Waals surface area contributed by atoms with E-state index in [4.69, 9.17) is 0 Å². The lowest BCUT2D eigenvalue weighted by atomic mass is 10.0. The lowest BCUT2D eigenvalue weighted by Crippen LogP contribution is -2.46. The molecule has 2 aromatic rings. The highest BCUT2D eigenvalue weighted by Crippen LogP contribution is 2.29. The number of hydrogen-bond donors (Lipinski definition) is 1. The Labute approximate surface area is 155 Å². The summed E-state index contributed by atoms with van der Waals surface area (Å²) in [5.41, 5.74) is 0.0299. The number of carbonyl (C=O) groups is 2. The van der Waals surface area contributed by atoms with Gasteiger partial charge in [-0.25, -0.2) is 0 Å². The van der Waals surface area contributed by atoms with Crippen LogP contribution in [0.1, 0.15) is 39.1 Å². The van der Waals surface area contributed by atoms with Gasteiger partial charge in [-0.05, 0) is 49.2 Å². The van der Waals surface area contributed by atoms with Crippen molar-refractivity contribution in [3.8, 4) is 0 Å². The van der Waals surface area contributed by atoms with Crippen LogP contribution in [0.3, 0.4) is 0 Å². The maximum absolute atomic E-state index is 12.6. The first-order valence-corrected chi connectivity index (χ1v) is 8.67. The molecule has 4 nitrogen and oxygen atoms in total. The van der Waals surface area contributed by atoms with Crippen molar-refractivity contribution in [1.29, 1.82) is 0 Å². The number of amides is 2. The number of benzene rings is 2. The first kappa shape index (κ1) is 18.9. The Balaban J connectivity index is 1.53. The first-order valence-electron chi connectivity index (χ1n) is 8.67. The second kappa shape index (κ2) is 7.82. The van der Waals surface area contributed by atoms with Gasteiger partial charge in [0.05, 0.1) is 5.56 Å². The normalized spacial score (nSPS) is 15.4. The van der Waals surface area contributed by atoms with Crippen molar-refractivity contribution >= 4 is 11.8 Å². The summed E-state index contributed by atoms with van der Waals surface area (Å²) in [6.45, 7) is 1.04. The predicted molar refractivity (Wildman–Crippen MR) is 94.3 cm³/mol. The number of halogens is 3. The number of hydrogen-bond acceptors (Lipinski definition) is 2. The Kier molecular flexibility index (Phi) is 5.48. The minimum atomic E-state index is -4.42. The van der Waals surface area contributed by atoms with Crippen LogP contribution in [0.2, 0.25) is 0 Å².